The normalized spacial score (nSPS) is 11.2. The Morgan fingerprint density at radius 2 is 1.92 bits per heavy atom. The van der Waals surface area contributed by atoms with Crippen LogP contribution in [0.2, 0.25) is 5.15 Å². The second kappa shape index (κ2) is 6.54. The van der Waals surface area contributed by atoms with E-state index in [2.05, 4.69) is 9.71 Å². The number of hydrogen-bond donors (Lipinski definition) is 1. The van der Waals surface area contributed by atoms with Crippen LogP contribution in [0.4, 0.5) is 5.69 Å². The summed E-state index contributed by atoms with van der Waals surface area (Å²) in [4.78, 5) is 4.14. The van der Waals surface area contributed by atoms with Crippen molar-refractivity contribution in [2.24, 2.45) is 0 Å². The Morgan fingerprint density at radius 1 is 1.17 bits per heavy atom. The quantitative estimate of drug-likeness (QED) is 0.754. The highest BCUT2D eigenvalue weighted by molar-refractivity contribution is 7.92. The van der Waals surface area contributed by atoms with Gasteiger partial charge in [-0.2, -0.15) is 0 Å². The summed E-state index contributed by atoms with van der Waals surface area (Å²) in [5.74, 6) is 0.484. The fourth-order valence-electron chi connectivity index (χ4n) is 2.20. The number of aromatic nitrogens is 2. The molecule has 24 heavy (non-hydrogen) atoms. The van der Waals surface area contributed by atoms with Crippen LogP contribution in [0.15, 0.2) is 66.0 Å². The lowest BCUT2D eigenvalue weighted by Crippen LogP contribution is -2.13. The van der Waals surface area contributed by atoms with Gasteiger partial charge in [0.05, 0.1) is 23.4 Å². The fourth-order valence-corrected chi connectivity index (χ4v) is 3.42. The molecule has 2 aromatic carbocycles. The van der Waals surface area contributed by atoms with Gasteiger partial charge in [0, 0.05) is 12.3 Å². The van der Waals surface area contributed by atoms with Crippen molar-refractivity contribution in [2.75, 3.05) is 11.8 Å². The van der Waals surface area contributed by atoms with Gasteiger partial charge in [0.2, 0.25) is 0 Å². The Hall–Kier alpha value is -2.51. The Labute approximate surface area is 144 Å². The van der Waals surface area contributed by atoms with Gasteiger partial charge in [-0.15, -0.1) is 0 Å². The maximum Gasteiger partial charge on any atom is 0.261 e. The van der Waals surface area contributed by atoms with Gasteiger partial charge in [-0.1, -0.05) is 29.8 Å². The summed E-state index contributed by atoms with van der Waals surface area (Å²) in [5.41, 5.74) is 1.09. The van der Waals surface area contributed by atoms with Crippen molar-refractivity contribution in [3.63, 3.8) is 0 Å². The number of hydrogen-bond acceptors (Lipinski definition) is 4. The van der Waals surface area contributed by atoms with Gasteiger partial charge in [0.1, 0.15) is 17.2 Å². The van der Waals surface area contributed by atoms with E-state index in [1.54, 1.807) is 53.5 Å². The second-order valence-electron chi connectivity index (χ2n) is 4.91. The molecule has 0 aliphatic carbocycles. The minimum absolute atomic E-state index is 0.189. The lowest BCUT2D eigenvalue weighted by atomic mass is 10.2. The molecule has 0 fully saturated rings. The first-order valence-corrected chi connectivity index (χ1v) is 8.81. The van der Waals surface area contributed by atoms with Crippen molar-refractivity contribution >= 4 is 27.3 Å². The number of nitrogens with zero attached hydrogens (tertiary/aromatic N) is 2. The first kappa shape index (κ1) is 16.4. The van der Waals surface area contributed by atoms with Crippen LogP contribution in [0.3, 0.4) is 0 Å². The number of benzene rings is 2. The summed E-state index contributed by atoms with van der Waals surface area (Å²) >= 11 is 5.83. The number of halogens is 1. The van der Waals surface area contributed by atoms with Gasteiger partial charge in [-0.25, -0.2) is 13.4 Å². The van der Waals surface area contributed by atoms with E-state index in [1.165, 1.54) is 19.2 Å². The maximum atomic E-state index is 12.4. The molecule has 0 radical (unpaired) electrons. The zero-order valence-corrected chi connectivity index (χ0v) is 14.3. The number of methoxy groups -OCH3 is 1. The van der Waals surface area contributed by atoms with Crippen molar-refractivity contribution < 1.29 is 13.2 Å². The van der Waals surface area contributed by atoms with Crippen LogP contribution in [0.25, 0.3) is 5.69 Å². The predicted octanol–water partition coefficient (Wildman–Crippen LogP) is 3.34. The number of ether oxygens (including phenoxy) is 1. The van der Waals surface area contributed by atoms with Crippen molar-refractivity contribution in [1.82, 2.24) is 9.55 Å². The van der Waals surface area contributed by atoms with Crippen LogP contribution in [-0.2, 0) is 10.0 Å². The molecule has 0 bridgehead atoms. The van der Waals surface area contributed by atoms with Gasteiger partial charge < -0.3 is 9.30 Å². The molecule has 124 valence electrons. The highest BCUT2D eigenvalue weighted by Gasteiger charge is 2.15. The monoisotopic (exact) mass is 363 g/mol. The largest absolute Gasteiger partial charge is 0.494 e. The molecule has 0 saturated heterocycles. The number of nitrogens with one attached hydrogen (secondary N) is 1. The molecule has 1 aromatic heterocycles. The lowest BCUT2D eigenvalue weighted by molar-refractivity contribution is 0.413. The van der Waals surface area contributed by atoms with Gasteiger partial charge in [-0.05, 0) is 24.3 Å². The molecule has 1 N–H and O–H groups in total. The average molecular weight is 364 g/mol. The molecule has 0 aliphatic heterocycles. The van der Waals surface area contributed by atoms with Gasteiger partial charge in [0.25, 0.3) is 10.0 Å². The lowest BCUT2D eigenvalue weighted by Gasteiger charge is -2.13. The van der Waals surface area contributed by atoms with Crippen LogP contribution in [-0.4, -0.2) is 25.1 Å². The Morgan fingerprint density at radius 3 is 2.54 bits per heavy atom. The van der Waals surface area contributed by atoms with Crippen molar-refractivity contribution in [2.45, 2.75) is 4.90 Å². The van der Waals surface area contributed by atoms with Gasteiger partial charge in [-0.3, -0.25) is 4.72 Å². The molecule has 8 heteroatoms. The van der Waals surface area contributed by atoms with E-state index >= 15 is 0 Å². The Balaban J connectivity index is 1.93. The minimum atomic E-state index is -3.66. The van der Waals surface area contributed by atoms with Crippen molar-refractivity contribution in [1.29, 1.82) is 0 Å². The number of sulfonamides is 1. The van der Waals surface area contributed by atoms with E-state index in [1.807, 2.05) is 0 Å². The molecule has 0 unspecified atom stereocenters. The average Bonchev–Trinajstić information content (AvgIpc) is 3.01. The molecule has 0 aliphatic rings. The minimum Gasteiger partial charge on any atom is -0.494 e. The Kier molecular flexibility index (Phi) is 4.46. The molecular formula is C16H14ClN3O3S. The van der Waals surface area contributed by atoms with E-state index in [0.29, 0.717) is 22.3 Å². The van der Waals surface area contributed by atoms with Crippen LogP contribution in [0.5, 0.6) is 5.75 Å². The van der Waals surface area contributed by atoms with Crippen molar-refractivity contribution in [3.05, 3.63) is 66.2 Å². The van der Waals surface area contributed by atoms with Crippen LogP contribution < -0.4 is 9.46 Å². The predicted molar refractivity (Wildman–Crippen MR) is 92.4 cm³/mol. The molecule has 3 aromatic rings. The highest BCUT2D eigenvalue weighted by Crippen LogP contribution is 2.28. The summed E-state index contributed by atoms with van der Waals surface area (Å²) in [7, 11) is -2.15. The zero-order valence-electron chi connectivity index (χ0n) is 12.7. The molecule has 6 nitrogen and oxygen atoms in total. The number of rotatable bonds is 5. The van der Waals surface area contributed by atoms with E-state index in [0.717, 1.165) is 0 Å². The third-order valence-corrected chi connectivity index (χ3v) is 4.91. The topological polar surface area (TPSA) is 73.2 Å². The Bertz CT molecular complexity index is 956. The number of anilines is 1. The standard InChI is InChI=1S/C16H14ClN3O3S/c1-23-15-9-12(7-8-14(15)20-10-16(17)18-11-20)19-24(21,22)13-5-3-2-4-6-13/h2-11,19H,1H3. The summed E-state index contributed by atoms with van der Waals surface area (Å²) in [5, 5.41) is 0.353. The van der Waals surface area contributed by atoms with Crippen LogP contribution in [0, 0.1) is 0 Å². The van der Waals surface area contributed by atoms with Gasteiger partial charge >= 0.3 is 0 Å². The van der Waals surface area contributed by atoms with Crippen molar-refractivity contribution in [3.8, 4) is 11.4 Å². The third-order valence-electron chi connectivity index (χ3n) is 3.31. The molecule has 0 saturated carbocycles. The molecule has 3 rings (SSSR count). The summed E-state index contributed by atoms with van der Waals surface area (Å²) in [6.45, 7) is 0. The third kappa shape index (κ3) is 3.37. The molecule has 0 spiro atoms. The fraction of sp³-hybridized carbons (Fsp3) is 0.0625. The summed E-state index contributed by atoms with van der Waals surface area (Å²) in [6, 6.07) is 13.1. The molecule has 0 atom stereocenters. The zero-order chi connectivity index (χ0) is 17.2. The van der Waals surface area contributed by atoms with Crippen LogP contribution >= 0.6 is 11.6 Å². The summed E-state index contributed by atoms with van der Waals surface area (Å²) in [6.07, 6.45) is 3.18. The first-order chi connectivity index (χ1) is 11.5. The van der Waals surface area contributed by atoms with Gasteiger partial charge in [0.15, 0.2) is 0 Å². The molecule has 0 amide bonds. The van der Waals surface area contributed by atoms with E-state index in [-0.39, 0.29) is 4.90 Å². The number of imidazole rings is 1. The van der Waals surface area contributed by atoms with E-state index in [9.17, 15) is 8.42 Å². The van der Waals surface area contributed by atoms with E-state index < -0.39 is 10.0 Å². The maximum absolute atomic E-state index is 12.4. The second-order valence-corrected chi connectivity index (χ2v) is 6.98. The SMILES string of the molecule is COc1cc(NS(=O)(=O)c2ccccc2)ccc1-n1cnc(Cl)c1. The first-order valence-electron chi connectivity index (χ1n) is 6.95. The molecular weight excluding hydrogens is 350 g/mol. The smallest absolute Gasteiger partial charge is 0.261 e. The molecule has 1 heterocycles. The van der Waals surface area contributed by atoms with Crippen LogP contribution in [0.1, 0.15) is 0 Å². The summed E-state index contributed by atoms with van der Waals surface area (Å²) < 4.78 is 34.3. The highest BCUT2D eigenvalue weighted by atomic mass is 35.5. The van der Waals surface area contributed by atoms with E-state index in [4.69, 9.17) is 16.3 Å².